The lowest BCUT2D eigenvalue weighted by Crippen LogP contribution is -2.20. The molecule has 0 aliphatic rings. The van der Waals surface area contributed by atoms with Crippen LogP contribution in [-0.2, 0) is 28.5 Å². The third-order valence-electron chi connectivity index (χ3n) is 4.56. The maximum Gasteiger partial charge on any atom is 0.308 e. The summed E-state index contributed by atoms with van der Waals surface area (Å²) in [6, 6.07) is 9.66. The maximum absolute atomic E-state index is 11.9. The smallest absolute Gasteiger partial charge is 0.308 e. The number of unbranched alkanes of at least 4 members (excludes halogenated alkanes) is 1. The van der Waals surface area contributed by atoms with E-state index in [2.05, 4.69) is 6.92 Å². The molecule has 0 bridgehead atoms. The molecule has 7 heteroatoms. The number of para-hydroxylation sites is 1. The Bertz CT molecular complexity index is 524. The van der Waals surface area contributed by atoms with Crippen LogP contribution >= 0.6 is 0 Å². The van der Waals surface area contributed by atoms with Gasteiger partial charge < -0.3 is 28.4 Å². The van der Waals surface area contributed by atoms with Crippen LogP contribution in [0.4, 0.5) is 0 Å². The molecule has 0 heterocycles. The molecule has 1 aromatic rings. The highest BCUT2D eigenvalue weighted by atomic mass is 16.6. The minimum Gasteiger partial charge on any atom is -0.491 e. The fraction of sp³-hybridized carbons (Fsp3) is 0.708. The van der Waals surface area contributed by atoms with Crippen LogP contribution in [0.25, 0.3) is 0 Å². The zero-order valence-corrected chi connectivity index (χ0v) is 19.2. The normalized spacial score (nSPS) is 11.9. The second kappa shape index (κ2) is 20.2. The van der Waals surface area contributed by atoms with Gasteiger partial charge in [-0.25, -0.2) is 0 Å². The predicted octanol–water partition coefficient (Wildman–Crippen LogP) is 3.89. The van der Waals surface area contributed by atoms with E-state index in [0.29, 0.717) is 66.1 Å². The molecule has 0 fully saturated rings. The Balaban J connectivity index is 1.78. The van der Waals surface area contributed by atoms with Crippen molar-refractivity contribution >= 4 is 5.97 Å². The minimum atomic E-state index is -0.111. The van der Waals surface area contributed by atoms with E-state index < -0.39 is 0 Å². The summed E-state index contributed by atoms with van der Waals surface area (Å²) in [5.74, 6) is 0.744. The van der Waals surface area contributed by atoms with Gasteiger partial charge >= 0.3 is 5.97 Å². The van der Waals surface area contributed by atoms with Gasteiger partial charge in [0, 0.05) is 0 Å². The van der Waals surface area contributed by atoms with Gasteiger partial charge in [-0.05, 0) is 25.0 Å². The van der Waals surface area contributed by atoms with Gasteiger partial charge in [-0.1, -0.05) is 44.9 Å². The first-order valence-corrected chi connectivity index (χ1v) is 11.4. The minimum absolute atomic E-state index is 0.0105. The summed E-state index contributed by atoms with van der Waals surface area (Å²) in [5, 5.41) is 0. The molecule has 178 valence electrons. The van der Waals surface area contributed by atoms with Gasteiger partial charge in [-0.3, -0.25) is 4.79 Å². The molecule has 1 rings (SSSR count). The average molecular weight is 441 g/mol. The Hall–Kier alpha value is -1.67. The van der Waals surface area contributed by atoms with E-state index in [0.717, 1.165) is 31.4 Å². The van der Waals surface area contributed by atoms with Gasteiger partial charge in [0.15, 0.2) is 0 Å². The first kappa shape index (κ1) is 27.4. The van der Waals surface area contributed by atoms with E-state index in [1.54, 1.807) is 0 Å². The SMILES string of the molecule is CCCCC(CC)C(=O)OCCOCCOCCOCCOCCOc1ccccc1. The van der Waals surface area contributed by atoms with Gasteiger partial charge in [-0.2, -0.15) is 0 Å². The summed E-state index contributed by atoms with van der Waals surface area (Å²) >= 11 is 0. The molecule has 0 radical (unpaired) electrons. The quantitative estimate of drug-likeness (QED) is 0.212. The monoisotopic (exact) mass is 440 g/mol. The summed E-state index contributed by atoms with van der Waals surface area (Å²) < 4.78 is 32.6. The summed E-state index contributed by atoms with van der Waals surface area (Å²) in [5.41, 5.74) is 0. The standard InChI is InChI=1S/C24H40O7/c1-3-5-9-22(4-2)24(25)31-21-19-29-17-15-27-13-12-26-14-16-28-18-20-30-23-10-7-6-8-11-23/h6-8,10-11,22H,3-5,9,12-21H2,1-2H3. The molecular formula is C24H40O7. The van der Waals surface area contributed by atoms with Crippen LogP contribution in [0, 0.1) is 5.92 Å². The third kappa shape index (κ3) is 15.7. The number of esters is 1. The van der Waals surface area contributed by atoms with Gasteiger partial charge in [0.05, 0.1) is 58.8 Å². The van der Waals surface area contributed by atoms with E-state index in [1.807, 2.05) is 37.3 Å². The van der Waals surface area contributed by atoms with Crippen molar-refractivity contribution in [1.29, 1.82) is 0 Å². The summed E-state index contributed by atoms with van der Waals surface area (Å²) in [6.45, 7) is 8.89. The topological polar surface area (TPSA) is 72.5 Å². The first-order chi connectivity index (χ1) is 15.3. The van der Waals surface area contributed by atoms with Gasteiger partial charge in [0.2, 0.25) is 0 Å². The summed E-state index contributed by atoms with van der Waals surface area (Å²) in [4.78, 5) is 11.9. The molecular weight excluding hydrogens is 400 g/mol. The molecule has 7 nitrogen and oxygen atoms in total. The number of benzene rings is 1. The van der Waals surface area contributed by atoms with E-state index in [1.165, 1.54) is 0 Å². The Morgan fingerprint density at radius 1 is 0.742 bits per heavy atom. The van der Waals surface area contributed by atoms with Crippen LogP contribution < -0.4 is 4.74 Å². The molecule has 1 atom stereocenters. The lowest BCUT2D eigenvalue weighted by atomic mass is 10.00. The number of carbonyl (C=O) groups is 1. The maximum atomic E-state index is 11.9. The molecule has 31 heavy (non-hydrogen) atoms. The van der Waals surface area contributed by atoms with E-state index in [-0.39, 0.29) is 11.9 Å². The van der Waals surface area contributed by atoms with E-state index >= 15 is 0 Å². The number of rotatable bonds is 21. The van der Waals surface area contributed by atoms with Crippen LogP contribution in [0.1, 0.15) is 39.5 Å². The molecule has 0 aliphatic heterocycles. The molecule has 1 unspecified atom stereocenters. The molecule has 1 aromatic carbocycles. The first-order valence-electron chi connectivity index (χ1n) is 11.4. The Labute approximate surface area is 187 Å². The Morgan fingerprint density at radius 3 is 1.77 bits per heavy atom. The Kier molecular flexibility index (Phi) is 17.9. The van der Waals surface area contributed by atoms with Crippen molar-refractivity contribution in [2.45, 2.75) is 39.5 Å². The van der Waals surface area contributed by atoms with Crippen molar-refractivity contribution in [1.82, 2.24) is 0 Å². The van der Waals surface area contributed by atoms with Crippen LogP contribution in [0.15, 0.2) is 30.3 Å². The Morgan fingerprint density at radius 2 is 1.26 bits per heavy atom. The summed E-state index contributed by atoms with van der Waals surface area (Å²) in [7, 11) is 0. The van der Waals surface area contributed by atoms with Crippen molar-refractivity contribution < 1.29 is 33.2 Å². The largest absolute Gasteiger partial charge is 0.491 e. The fourth-order valence-electron chi connectivity index (χ4n) is 2.76. The number of ether oxygens (including phenoxy) is 6. The van der Waals surface area contributed by atoms with Crippen LogP contribution in [0.2, 0.25) is 0 Å². The highest BCUT2D eigenvalue weighted by Crippen LogP contribution is 2.14. The number of hydrogen-bond acceptors (Lipinski definition) is 7. The summed E-state index contributed by atoms with van der Waals surface area (Å²) in [6.07, 6.45) is 3.88. The number of hydrogen-bond donors (Lipinski definition) is 0. The third-order valence-corrected chi connectivity index (χ3v) is 4.56. The van der Waals surface area contributed by atoms with Crippen molar-refractivity contribution in [3.05, 3.63) is 30.3 Å². The molecule has 0 saturated carbocycles. The lowest BCUT2D eigenvalue weighted by molar-refractivity contribution is -0.150. The van der Waals surface area contributed by atoms with Crippen molar-refractivity contribution in [2.75, 3.05) is 66.1 Å². The fourth-order valence-corrected chi connectivity index (χ4v) is 2.76. The molecule has 0 saturated heterocycles. The van der Waals surface area contributed by atoms with Crippen molar-refractivity contribution in [2.24, 2.45) is 5.92 Å². The number of carbonyl (C=O) groups excluding carboxylic acids is 1. The highest BCUT2D eigenvalue weighted by molar-refractivity contribution is 5.72. The van der Waals surface area contributed by atoms with Crippen LogP contribution in [0.3, 0.4) is 0 Å². The zero-order valence-electron chi connectivity index (χ0n) is 19.2. The molecule has 0 aliphatic carbocycles. The molecule has 0 N–H and O–H groups in total. The second-order valence-electron chi connectivity index (χ2n) is 7.03. The van der Waals surface area contributed by atoms with E-state index in [4.69, 9.17) is 28.4 Å². The molecule has 0 amide bonds. The molecule has 0 aromatic heterocycles. The molecule has 0 spiro atoms. The van der Waals surface area contributed by atoms with E-state index in [9.17, 15) is 4.79 Å². The predicted molar refractivity (Wildman–Crippen MR) is 119 cm³/mol. The van der Waals surface area contributed by atoms with Crippen LogP contribution in [0.5, 0.6) is 5.75 Å². The highest BCUT2D eigenvalue weighted by Gasteiger charge is 2.16. The lowest BCUT2D eigenvalue weighted by Gasteiger charge is -2.13. The van der Waals surface area contributed by atoms with Gasteiger partial charge in [0.1, 0.15) is 19.0 Å². The second-order valence-corrected chi connectivity index (χ2v) is 7.03. The zero-order chi connectivity index (χ0) is 22.4. The van der Waals surface area contributed by atoms with Gasteiger partial charge in [0.25, 0.3) is 0 Å². The van der Waals surface area contributed by atoms with Crippen LogP contribution in [-0.4, -0.2) is 72.0 Å². The van der Waals surface area contributed by atoms with Gasteiger partial charge in [-0.15, -0.1) is 0 Å². The van der Waals surface area contributed by atoms with Crippen molar-refractivity contribution in [3.8, 4) is 5.75 Å². The van der Waals surface area contributed by atoms with Crippen molar-refractivity contribution in [3.63, 3.8) is 0 Å². The average Bonchev–Trinajstić information content (AvgIpc) is 2.80.